The van der Waals surface area contributed by atoms with Gasteiger partial charge >= 0.3 is 0 Å². The second-order valence-electron chi connectivity index (χ2n) is 4.65. The van der Waals surface area contributed by atoms with Crippen molar-refractivity contribution in [3.63, 3.8) is 0 Å². The molecular weight excluding hydrogens is 298 g/mol. The van der Waals surface area contributed by atoms with Crippen LogP contribution in [0.1, 0.15) is 11.4 Å². The summed E-state index contributed by atoms with van der Waals surface area (Å²) in [6.45, 7) is 6.62. The Balaban J connectivity index is 1.80. The van der Waals surface area contributed by atoms with Gasteiger partial charge in [-0.3, -0.25) is 4.40 Å². The van der Waals surface area contributed by atoms with E-state index in [4.69, 9.17) is 0 Å². The minimum absolute atomic E-state index is 0.773. The SMILES string of the molecule is C=CCSc1ccccc1NCc1c(C)nc2sccn12. The lowest BCUT2D eigenvalue weighted by atomic mass is 10.3. The monoisotopic (exact) mass is 315 g/mol. The first-order valence-corrected chi connectivity index (χ1v) is 8.63. The quantitative estimate of drug-likeness (QED) is 0.533. The van der Waals surface area contributed by atoms with E-state index in [1.807, 2.05) is 6.08 Å². The summed E-state index contributed by atoms with van der Waals surface area (Å²) in [7, 11) is 0. The van der Waals surface area contributed by atoms with Crippen LogP contribution < -0.4 is 5.32 Å². The maximum absolute atomic E-state index is 4.58. The van der Waals surface area contributed by atoms with Crippen molar-refractivity contribution in [2.75, 3.05) is 11.1 Å². The van der Waals surface area contributed by atoms with E-state index in [0.29, 0.717) is 0 Å². The highest BCUT2D eigenvalue weighted by molar-refractivity contribution is 7.99. The molecule has 0 fully saturated rings. The van der Waals surface area contributed by atoms with E-state index in [2.05, 4.69) is 64.0 Å². The van der Waals surface area contributed by atoms with Crippen LogP contribution in [0.5, 0.6) is 0 Å². The van der Waals surface area contributed by atoms with Crippen molar-refractivity contribution in [1.29, 1.82) is 0 Å². The van der Waals surface area contributed by atoms with Gasteiger partial charge in [0.15, 0.2) is 4.96 Å². The van der Waals surface area contributed by atoms with Gasteiger partial charge in [0.2, 0.25) is 0 Å². The molecule has 0 aliphatic heterocycles. The Morgan fingerprint density at radius 1 is 1.43 bits per heavy atom. The van der Waals surface area contributed by atoms with Crippen LogP contribution in [-0.4, -0.2) is 15.1 Å². The van der Waals surface area contributed by atoms with Crippen LogP contribution >= 0.6 is 23.1 Å². The van der Waals surface area contributed by atoms with Crippen molar-refractivity contribution in [2.24, 2.45) is 0 Å². The lowest BCUT2D eigenvalue weighted by Crippen LogP contribution is -2.04. The lowest BCUT2D eigenvalue weighted by Gasteiger charge is -2.11. The largest absolute Gasteiger partial charge is 0.378 e. The third kappa shape index (κ3) is 2.99. The van der Waals surface area contributed by atoms with E-state index in [-0.39, 0.29) is 0 Å². The number of nitrogens with one attached hydrogen (secondary N) is 1. The van der Waals surface area contributed by atoms with Gasteiger partial charge in [0.25, 0.3) is 0 Å². The zero-order chi connectivity index (χ0) is 14.7. The van der Waals surface area contributed by atoms with Crippen LogP contribution in [0, 0.1) is 6.92 Å². The molecule has 0 atom stereocenters. The number of imidazole rings is 1. The molecule has 1 N–H and O–H groups in total. The maximum Gasteiger partial charge on any atom is 0.194 e. The van der Waals surface area contributed by atoms with Crippen LogP contribution in [0.2, 0.25) is 0 Å². The number of thiazole rings is 1. The van der Waals surface area contributed by atoms with Crippen LogP contribution in [0.3, 0.4) is 0 Å². The third-order valence-electron chi connectivity index (χ3n) is 3.25. The van der Waals surface area contributed by atoms with E-state index in [9.17, 15) is 0 Å². The summed E-state index contributed by atoms with van der Waals surface area (Å²) in [6, 6.07) is 8.38. The summed E-state index contributed by atoms with van der Waals surface area (Å²) in [6.07, 6.45) is 4.01. The Morgan fingerprint density at radius 2 is 2.29 bits per heavy atom. The number of aromatic nitrogens is 2. The minimum Gasteiger partial charge on any atom is -0.378 e. The molecule has 21 heavy (non-hydrogen) atoms. The second-order valence-corrected chi connectivity index (χ2v) is 6.58. The summed E-state index contributed by atoms with van der Waals surface area (Å²) >= 11 is 3.46. The molecule has 2 aromatic heterocycles. The zero-order valence-electron chi connectivity index (χ0n) is 11.9. The number of fused-ring (bicyclic) bond motifs is 1. The minimum atomic E-state index is 0.773. The van der Waals surface area contributed by atoms with Gasteiger partial charge in [-0.1, -0.05) is 18.2 Å². The highest BCUT2D eigenvalue weighted by Gasteiger charge is 2.10. The molecule has 2 heterocycles. The smallest absolute Gasteiger partial charge is 0.194 e. The van der Waals surface area contributed by atoms with Gasteiger partial charge in [-0.25, -0.2) is 4.98 Å². The molecule has 1 aromatic carbocycles. The van der Waals surface area contributed by atoms with Crippen molar-refractivity contribution in [3.8, 4) is 0 Å². The molecule has 0 spiro atoms. The first kappa shape index (κ1) is 14.2. The number of anilines is 1. The first-order valence-electron chi connectivity index (χ1n) is 6.77. The summed E-state index contributed by atoms with van der Waals surface area (Å²) < 4.78 is 2.16. The molecule has 0 saturated carbocycles. The van der Waals surface area contributed by atoms with E-state index in [1.165, 1.54) is 10.6 Å². The fourth-order valence-electron chi connectivity index (χ4n) is 2.22. The average molecular weight is 315 g/mol. The number of benzene rings is 1. The number of hydrogen-bond acceptors (Lipinski definition) is 4. The van der Waals surface area contributed by atoms with Gasteiger partial charge < -0.3 is 5.32 Å². The summed E-state index contributed by atoms with van der Waals surface area (Å²) in [4.78, 5) is 6.89. The van der Waals surface area contributed by atoms with Gasteiger partial charge in [0.05, 0.1) is 17.9 Å². The fraction of sp³-hybridized carbons (Fsp3) is 0.188. The van der Waals surface area contributed by atoms with Crippen molar-refractivity contribution < 1.29 is 0 Å². The topological polar surface area (TPSA) is 29.3 Å². The van der Waals surface area contributed by atoms with Crippen LogP contribution in [-0.2, 0) is 6.54 Å². The van der Waals surface area contributed by atoms with Gasteiger partial charge in [-0.15, -0.1) is 29.7 Å². The van der Waals surface area contributed by atoms with Crippen LogP contribution in [0.25, 0.3) is 4.96 Å². The Morgan fingerprint density at radius 3 is 3.14 bits per heavy atom. The number of nitrogens with zero attached hydrogens (tertiary/aromatic N) is 2. The number of hydrogen-bond donors (Lipinski definition) is 1. The normalized spacial score (nSPS) is 10.9. The second kappa shape index (κ2) is 6.37. The molecule has 0 aliphatic carbocycles. The number of thioether (sulfide) groups is 1. The molecule has 0 saturated heterocycles. The standard InChI is InChI=1S/C16H17N3S2/c1-3-9-20-15-7-5-4-6-13(15)17-11-14-12(2)18-16-19(14)8-10-21-16/h3-8,10,17H,1,9,11H2,2H3. The van der Waals surface area contributed by atoms with Crippen LogP contribution in [0.4, 0.5) is 5.69 Å². The Kier molecular flexibility index (Phi) is 4.31. The highest BCUT2D eigenvalue weighted by atomic mass is 32.2. The molecule has 0 unspecified atom stereocenters. The molecule has 3 nitrogen and oxygen atoms in total. The molecule has 5 heteroatoms. The predicted octanol–water partition coefficient (Wildman–Crippen LogP) is 4.59. The highest BCUT2D eigenvalue weighted by Crippen LogP contribution is 2.27. The molecule has 0 bridgehead atoms. The van der Waals surface area contributed by atoms with Gasteiger partial charge in [0.1, 0.15) is 0 Å². The van der Waals surface area contributed by atoms with Gasteiger partial charge in [0, 0.05) is 27.9 Å². The predicted molar refractivity (Wildman–Crippen MR) is 92.5 cm³/mol. The number of aryl methyl sites for hydroxylation is 1. The first-order chi connectivity index (χ1) is 10.3. The number of para-hydroxylation sites is 1. The van der Waals surface area contributed by atoms with E-state index in [1.54, 1.807) is 23.1 Å². The summed E-state index contributed by atoms with van der Waals surface area (Å²) in [5.41, 5.74) is 3.47. The number of rotatable bonds is 6. The average Bonchev–Trinajstić information content (AvgIpc) is 3.05. The Hall–Kier alpha value is -1.72. The molecule has 3 rings (SSSR count). The van der Waals surface area contributed by atoms with Crippen molar-refractivity contribution in [3.05, 3.63) is 59.9 Å². The van der Waals surface area contributed by atoms with E-state index in [0.717, 1.165) is 28.6 Å². The lowest BCUT2D eigenvalue weighted by molar-refractivity contribution is 0.989. The van der Waals surface area contributed by atoms with Gasteiger partial charge in [-0.2, -0.15) is 0 Å². The zero-order valence-corrected chi connectivity index (χ0v) is 13.5. The third-order valence-corrected chi connectivity index (χ3v) is 5.08. The molecule has 0 radical (unpaired) electrons. The van der Waals surface area contributed by atoms with Gasteiger partial charge in [-0.05, 0) is 19.1 Å². The van der Waals surface area contributed by atoms with Crippen LogP contribution in [0.15, 0.2) is 53.4 Å². The van der Waals surface area contributed by atoms with E-state index < -0.39 is 0 Å². The Labute approximate surface area is 132 Å². The molecular formula is C16H17N3S2. The molecule has 108 valence electrons. The van der Waals surface area contributed by atoms with Crippen molar-refractivity contribution in [1.82, 2.24) is 9.38 Å². The molecule has 0 amide bonds. The summed E-state index contributed by atoms with van der Waals surface area (Å²) in [5, 5.41) is 5.60. The van der Waals surface area contributed by atoms with Crippen molar-refractivity contribution in [2.45, 2.75) is 18.4 Å². The summed E-state index contributed by atoms with van der Waals surface area (Å²) in [5.74, 6) is 0.916. The van der Waals surface area contributed by atoms with Crippen molar-refractivity contribution >= 4 is 33.7 Å². The fourth-order valence-corrected chi connectivity index (χ4v) is 3.77. The Bertz CT molecular complexity index is 758. The molecule has 0 aliphatic rings. The van der Waals surface area contributed by atoms with E-state index >= 15 is 0 Å². The maximum atomic E-state index is 4.58. The molecule has 3 aromatic rings.